The van der Waals surface area contributed by atoms with Gasteiger partial charge in [-0.3, -0.25) is 4.79 Å². The van der Waals surface area contributed by atoms with Crippen LogP contribution in [0.2, 0.25) is 0 Å². The van der Waals surface area contributed by atoms with Gasteiger partial charge in [0.25, 0.3) is 5.56 Å². The Balaban J connectivity index is 2.96. The third-order valence-electron chi connectivity index (χ3n) is 1.87. The molecule has 0 unspecified atom stereocenters. The normalized spacial score (nSPS) is 10.8. The van der Waals surface area contributed by atoms with Gasteiger partial charge in [-0.15, -0.1) is 0 Å². The van der Waals surface area contributed by atoms with Gasteiger partial charge in [-0.2, -0.15) is 0 Å². The van der Waals surface area contributed by atoms with E-state index in [0.29, 0.717) is 11.2 Å². The van der Waals surface area contributed by atoms with Crippen molar-refractivity contribution >= 4 is 56.1 Å². The predicted octanol–water partition coefficient (Wildman–Crippen LogP) is 2.44. The Kier molecular flexibility index (Phi) is 2.78. The van der Waals surface area contributed by atoms with Gasteiger partial charge in [0.05, 0.1) is 10.9 Å². The fourth-order valence-corrected chi connectivity index (χ4v) is 2.17. The Labute approximate surface area is 108 Å². The van der Waals surface area contributed by atoms with Crippen molar-refractivity contribution in [3.8, 4) is 0 Å². The molecule has 0 fully saturated rings. The maximum absolute atomic E-state index is 11.6. The average molecular weight is 412 g/mol. The molecule has 72 valence electrons. The third-order valence-corrected chi connectivity index (χ3v) is 4.68. The summed E-state index contributed by atoms with van der Waals surface area (Å²) < 4.78 is 2.19. The average Bonchev–Trinajstić information content (AvgIpc) is 2.08. The number of H-pyrrole nitrogens is 1. The molecule has 0 amide bonds. The molecule has 1 aromatic heterocycles. The van der Waals surface area contributed by atoms with Crippen LogP contribution in [0.5, 0.6) is 0 Å². The van der Waals surface area contributed by atoms with Gasteiger partial charge in [0, 0.05) is 7.14 Å². The quantitative estimate of drug-likeness (QED) is 0.677. The lowest BCUT2D eigenvalue weighted by atomic mass is 10.2. The van der Waals surface area contributed by atoms with Gasteiger partial charge >= 0.3 is 0 Å². The van der Waals surface area contributed by atoms with Gasteiger partial charge in [0.2, 0.25) is 0 Å². The van der Waals surface area contributed by atoms with Crippen molar-refractivity contribution in [3.63, 3.8) is 0 Å². The fraction of sp³-hybridized carbons (Fsp3) is 0.111. The highest BCUT2D eigenvalue weighted by Gasteiger charge is 2.04. The zero-order valence-corrected chi connectivity index (χ0v) is 11.6. The lowest BCUT2D eigenvalue weighted by Gasteiger charge is -2.01. The van der Waals surface area contributed by atoms with Crippen LogP contribution in [0.25, 0.3) is 10.9 Å². The summed E-state index contributed by atoms with van der Waals surface area (Å²) in [6.07, 6.45) is 0. The lowest BCUT2D eigenvalue weighted by molar-refractivity contribution is 1.06. The van der Waals surface area contributed by atoms with E-state index in [-0.39, 0.29) is 5.56 Å². The van der Waals surface area contributed by atoms with E-state index < -0.39 is 0 Å². The first-order chi connectivity index (χ1) is 6.58. The molecule has 1 N–H and O–H groups in total. The minimum absolute atomic E-state index is 0.0678. The molecule has 0 aliphatic rings. The molecule has 0 radical (unpaired) electrons. The van der Waals surface area contributed by atoms with E-state index in [4.69, 9.17) is 0 Å². The maximum Gasteiger partial charge on any atom is 0.258 e. The summed E-state index contributed by atoms with van der Waals surface area (Å²) in [6.45, 7) is 1.78. The second-order valence-corrected chi connectivity index (χ2v) is 5.26. The van der Waals surface area contributed by atoms with Crippen molar-refractivity contribution in [2.24, 2.45) is 0 Å². The Morgan fingerprint density at radius 1 is 1.29 bits per heavy atom. The van der Waals surface area contributed by atoms with E-state index in [9.17, 15) is 4.79 Å². The van der Waals surface area contributed by atoms with Crippen molar-refractivity contribution in [1.82, 2.24) is 9.97 Å². The van der Waals surface area contributed by atoms with E-state index in [1.165, 1.54) is 0 Å². The lowest BCUT2D eigenvalue weighted by Crippen LogP contribution is -2.10. The van der Waals surface area contributed by atoms with Crippen molar-refractivity contribution in [3.05, 3.63) is 35.5 Å². The third kappa shape index (κ3) is 1.79. The number of nitrogens with one attached hydrogen (secondary N) is 1. The zero-order chi connectivity index (χ0) is 10.3. The number of nitrogens with zero attached hydrogens (tertiary/aromatic N) is 1. The topological polar surface area (TPSA) is 45.8 Å². The highest BCUT2D eigenvalue weighted by Crippen LogP contribution is 2.19. The summed E-state index contributed by atoms with van der Waals surface area (Å²) in [5.74, 6) is 0.652. The smallest absolute Gasteiger partial charge is 0.258 e. The van der Waals surface area contributed by atoms with Crippen LogP contribution >= 0.6 is 45.2 Å². The largest absolute Gasteiger partial charge is 0.310 e. The summed E-state index contributed by atoms with van der Waals surface area (Å²) >= 11 is 4.45. The van der Waals surface area contributed by atoms with Crippen molar-refractivity contribution in [2.75, 3.05) is 0 Å². The molecule has 3 nitrogen and oxygen atoms in total. The van der Waals surface area contributed by atoms with Crippen LogP contribution in [0.1, 0.15) is 5.82 Å². The van der Waals surface area contributed by atoms with Crippen LogP contribution < -0.4 is 5.56 Å². The second-order valence-electron chi connectivity index (χ2n) is 2.93. The Hall–Kier alpha value is -0.180. The fourth-order valence-electron chi connectivity index (χ4n) is 1.25. The molecule has 1 heterocycles. The van der Waals surface area contributed by atoms with E-state index >= 15 is 0 Å². The standard InChI is InChI=1S/C9H6I2N2O/c1-4-12-8-3-7(11)6(10)2-5(8)9(14)13-4/h2-3H,1H3,(H,12,13,14). The molecule has 0 bridgehead atoms. The molecule has 1 aromatic carbocycles. The molecule has 0 spiro atoms. The molecule has 0 aliphatic heterocycles. The number of aryl methyl sites for hydroxylation is 1. The summed E-state index contributed by atoms with van der Waals surface area (Å²) in [7, 11) is 0. The van der Waals surface area contributed by atoms with Crippen LogP contribution in [-0.4, -0.2) is 9.97 Å². The predicted molar refractivity (Wildman–Crippen MR) is 72.5 cm³/mol. The van der Waals surface area contributed by atoms with Crippen LogP contribution in [0.15, 0.2) is 16.9 Å². The number of halogens is 2. The van der Waals surface area contributed by atoms with E-state index in [1.807, 2.05) is 12.1 Å². The molecule has 0 aliphatic carbocycles. The molecule has 0 saturated heterocycles. The first-order valence-electron chi connectivity index (χ1n) is 3.93. The number of hydrogen-bond donors (Lipinski definition) is 1. The molecule has 0 saturated carbocycles. The highest BCUT2D eigenvalue weighted by molar-refractivity contribution is 14.1. The second kappa shape index (κ2) is 3.76. The highest BCUT2D eigenvalue weighted by atomic mass is 127. The summed E-state index contributed by atoms with van der Waals surface area (Å²) in [5.41, 5.74) is 0.692. The Bertz CT molecular complexity index is 562. The van der Waals surface area contributed by atoms with E-state index in [1.54, 1.807) is 6.92 Å². The van der Waals surface area contributed by atoms with Crippen molar-refractivity contribution in [2.45, 2.75) is 6.92 Å². The molecule has 2 rings (SSSR count). The minimum Gasteiger partial charge on any atom is -0.310 e. The summed E-state index contributed by atoms with van der Waals surface area (Å²) in [4.78, 5) is 18.5. The monoisotopic (exact) mass is 412 g/mol. The van der Waals surface area contributed by atoms with Crippen LogP contribution in [0.3, 0.4) is 0 Å². The van der Waals surface area contributed by atoms with E-state index in [2.05, 4.69) is 55.1 Å². The molecular weight excluding hydrogens is 406 g/mol. The van der Waals surface area contributed by atoms with Gasteiger partial charge in [-0.25, -0.2) is 4.98 Å². The number of aromatic amines is 1. The molecule has 14 heavy (non-hydrogen) atoms. The van der Waals surface area contributed by atoms with Crippen LogP contribution in [0.4, 0.5) is 0 Å². The summed E-state index contributed by atoms with van der Waals surface area (Å²) in [6, 6.07) is 3.79. The van der Waals surface area contributed by atoms with Crippen molar-refractivity contribution in [1.29, 1.82) is 0 Å². The van der Waals surface area contributed by atoms with E-state index in [0.717, 1.165) is 12.7 Å². The SMILES string of the molecule is Cc1nc2cc(I)c(I)cc2c(=O)[nH]1. The van der Waals surface area contributed by atoms with Crippen molar-refractivity contribution < 1.29 is 0 Å². The molecule has 0 atom stereocenters. The maximum atomic E-state index is 11.6. The minimum atomic E-state index is -0.0678. The van der Waals surface area contributed by atoms with Gasteiger partial charge < -0.3 is 4.98 Å². The Morgan fingerprint density at radius 3 is 2.64 bits per heavy atom. The number of fused-ring (bicyclic) bond motifs is 1. The van der Waals surface area contributed by atoms with Gasteiger partial charge in [-0.05, 0) is 64.2 Å². The number of hydrogen-bond acceptors (Lipinski definition) is 2. The molecule has 2 aromatic rings. The summed E-state index contributed by atoms with van der Waals surface area (Å²) in [5, 5.41) is 0.653. The number of benzene rings is 1. The van der Waals surface area contributed by atoms with Crippen LogP contribution in [0, 0.1) is 14.1 Å². The Morgan fingerprint density at radius 2 is 1.93 bits per heavy atom. The van der Waals surface area contributed by atoms with Gasteiger partial charge in [0.1, 0.15) is 5.82 Å². The van der Waals surface area contributed by atoms with Gasteiger partial charge in [-0.1, -0.05) is 0 Å². The number of rotatable bonds is 0. The molecular formula is C9H6I2N2O. The first kappa shape index (κ1) is 10.3. The first-order valence-corrected chi connectivity index (χ1v) is 6.09. The molecule has 5 heteroatoms. The van der Waals surface area contributed by atoms with Gasteiger partial charge in [0.15, 0.2) is 0 Å². The zero-order valence-electron chi connectivity index (χ0n) is 7.27. The van der Waals surface area contributed by atoms with Crippen LogP contribution in [-0.2, 0) is 0 Å². The number of aromatic nitrogens is 2.